The predicted molar refractivity (Wildman–Crippen MR) is 123 cm³/mol. The van der Waals surface area contributed by atoms with E-state index in [4.69, 9.17) is 14.9 Å². The Morgan fingerprint density at radius 3 is 1.47 bits per heavy atom. The van der Waals surface area contributed by atoms with E-state index in [0.29, 0.717) is 11.5 Å². The summed E-state index contributed by atoms with van der Waals surface area (Å²) in [7, 11) is 0. The molecule has 1 rings (SSSR count). The van der Waals surface area contributed by atoms with Crippen LogP contribution in [0.2, 0.25) is 0 Å². The smallest absolute Gasteiger partial charge is 0.119 e. The molecule has 13 heteroatoms. The van der Waals surface area contributed by atoms with E-state index in [-0.39, 0.29) is 26.2 Å². The van der Waals surface area contributed by atoms with E-state index in [9.17, 15) is 40.9 Å². The Hall–Kier alpha value is -1.07. The van der Waals surface area contributed by atoms with Crippen LogP contribution in [-0.2, 0) is 5.75 Å². The van der Waals surface area contributed by atoms with Crippen molar-refractivity contribution in [3.8, 4) is 5.75 Å². The molecule has 10 N–H and O–H groups in total. The molecule has 0 saturated carbocycles. The maximum absolute atomic E-state index is 10.3. The number of rotatable bonds is 17. The van der Waals surface area contributed by atoms with Crippen LogP contribution in [0.1, 0.15) is 5.56 Å². The van der Waals surface area contributed by atoms with Crippen LogP contribution in [0.4, 0.5) is 0 Å². The molecule has 0 amide bonds. The molecule has 8 atom stereocenters. The largest absolute Gasteiger partial charge is 0.492 e. The van der Waals surface area contributed by atoms with Gasteiger partial charge in [0.2, 0.25) is 0 Å². The highest BCUT2D eigenvalue weighted by Gasteiger charge is 2.34. The number of hydrogen-bond acceptors (Lipinski definition) is 13. The van der Waals surface area contributed by atoms with Crippen LogP contribution in [0.5, 0.6) is 5.75 Å². The van der Waals surface area contributed by atoms with Crippen molar-refractivity contribution < 1.29 is 55.8 Å². The Morgan fingerprint density at radius 2 is 1.09 bits per heavy atom. The first-order chi connectivity index (χ1) is 16.0. The van der Waals surface area contributed by atoms with Crippen molar-refractivity contribution in [1.82, 2.24) is 4.90 Å². The molecule has 0 bridgehead atoms. The van der Waals surface area contributed by atoms with Gasteiger partial charge in [-0.05, 0) is 17.7 Å². The maximum atomic E-state index is 10.3. The molecule has 198 valence electrons. The van der Waals surface area contributed by atoms with Gasteiger partial charge in [0, 0.05) is 25.4 Å². The van der Waals surface area contributed by atoms with Gasteiger partial charge >= 0.3 is 0 Å². The molecule has 0 aromatic heterocycles. The van der Waals surface area contributed by atoms with Crippen molar-refractivity contribution in [2.45, 2.75) is 54.6 Å². The molecule has 1 aromatic rings. The summed E-state index contributed by atoms with van der Waals surface area (Å²) in [5.74, 6) is 1.09. The van der Waals surface area contributed by atoms with Crippen LogP contribution in [0, 0.1) is 0 Å². The second-order valence-corrected chi connectivity index (χ2v) is 8.32. The highest BCUT2D eigenvalue weighted by atomic mass is 32.1. The standard InChI is InChI=1S/C21H37NO11S/c23-9-16(27)20(31)18(29)14(25)7-22(8-15(26)19(30)21(32)17(28)10-24)5-6-33-13-3-1-12(11-34)2-4-13/h1-4,14-21,23-32,34H,5-11H2/t14-,15-,16+,17+,18+,19+,20+,21+/m0/s1. The molecule has 0 aliphatic carbocycles. The summed E-state index contributed by atoms with van der Waals surface area (Å²) < 4.78 is 5.63. The van der Waals surface area contributed by atoms with Gasteiger partial charge in [0.15, 0.2) is 0 Å². The first-order valence-electron chi connectivity index (χ1n) is 10.8. The topological polar surface area (TPSA) is 215 Å². The zero-order valence-electron chi connectivity index (χ0n) is 18.7. The fraction of sp³-hybridized carbons (Fsp3) is 0.714. The molecule has 0 radical (unpaired) electrons. The average Bonchev–Trinajstić information content (AvgIpc) is 2.85. The first kappa shape index (κ1) is 31.0. The molecule has 34 heavy (non-hydrogen) atoms. The summed E-state index contributed by atoms with van der Waals surface area (Å²) in [4.78, 5) is 1.36. The molecule has 0 aliphatic rings. The molecular formula is C21H37NO11S. The predicted octanol–water partition coefficient (Wildman–Crippen LogP) is -4.33. The number of ether oxygens (including phenoxy) is 1. The van der Waals surface area contributed by atoms with E-state index in [0.717, 1.165) is 5.56 Å². The maximum Gasteiger partial charge on any atom is 0.119 e. The number of thiol groups is 1. The van der Waals surface area contributed by atoms with Gasteiger partial charge in [0.05, 0.1) is 25.4 Å². The van der Waals surface area contributed by atoms with Gasteiger partial charge in [-0.15, -0.1) is 0 Å². The number of nitrogens with zero attached hydrogens (tertiary/aromatic N) is 1. The monoisotopic (exact) mass is 511 g/mol. The van der Waals surface area contributed by atoms with Crippen molar-refractivity contribution in [2.75, 3.05) is 39.5 Å². The second-order valence-electron chi connectivity index (χ2n) is 8.01. The number of hydrogen-bond donors (Lipinski definition) is 11. The van der Waals surface area contributed by atoms with Crippen LogP contribution in [-0.4, -0.2) is 144 Å². The molecule has 0 unspecified atom stereocenters. The molecule has 12 nitrogen and oxygen atoms in total. The average molecular weight is 512 g/mol. The van der Waals surface area contributed by atoms with E-state index in [2.05, 4.69) is 12.6 Å². The van der Waals surface area contributed by atoms with Gasteiger partial charge in [-0.1, -0.05) is 12.1 Å². The Bertz CT molecular complexity index is 641. The zero-order valence-corrected chi connectivity index (χ0v) is 19.5. The third-order valence-corrected chi connectivity index (χ3v) is 5.69. The van der Waals surface area contributed by atoms with Gasteiger partial charge in [0.1, 0.15) is 49.0 Å². The number of benzene rings is 1. The van der Waals surface area contributed by atoms with Crippen LogP contribution in [0.25, 0.3) is 0 Å². The van der Waals surface area contributed by atoms with E-state index >= 15 is 0 Å². The highest BCUT2D eigenvalue weighted by molar-refractivity contribution is 7.79. The van der Waals surface area contributed by atoms with Gasteiger partial charge in [-0.2, -0.15) is 12.6 Å². The van der Waals surface area contributed by atoms with Gasteiger partial charge in [-0.3, -0.25) is 4.90 Å². The lowest BCUT2D eigenvalue weighted by molar-refractivity contribution is -0.130. The Morgan fingerprint density at radius 1 is 0.676 bits per heavy atom. The van der Waals surface area contributed by atoms with E-state index in [1.807, 2.05) is 12.1 Å². The summed E-state index contributed by atoms with van der Waals surface area (Å²) in [5.41, 5.74) is 0.985. The molecule has 0 aliphatic heterocycles. The Kier molecular flexibility index (Phi) is 14.4. The van der Waals surface area contributed by atoms with Gasteiger partial charge in [-0.25, -0.2) is 0 Å². The second kappa shape index (κ2) is 15.8. The minimum Gasteiger partial charge on any atom is -0.492 e. The summed E-state index contributed by atoms with van der Waals surface area (Å²) in [6.45, 7) is -2.30. The lowest BCUT2D eigenvalue weighted by atomic mass is 10.0. The summed E-state index contributed by atoms with van der Waals surface area (Å²) in [5, 5.41) is 97.2. The molecule has 0 saturated heterocycles. The fourth-order valence-corrected chi connectivity index (χ4v) is 3.32. The number of aliphatic hydroxyl groups excluding tert-OH is 10. The lowest BCUT2D eigenvalue weighted by Crippen LogP contribution is -2.53. The highest BCUT2D eigenvalue weighted by Crippen LogP contribution is 2.14. The Labute approximate surface area is 203 Å². The quantitative estimate of drug-likeness (QED) is 0.0896. The van der Waals surface area contributed by atoms with Crippen LogP contribution in [0.15, 0.2) is 24.3 Å². The summed E-state index contributed by atoms with van der Waals surface area (Å²) >= 11 is 4.17. The normalized spacial score (nSPS) is 19.2. The first-order valence-corrected chi connectivity index (χ1v) is 11.4. The fourth-order valence-electron chi connectivity index (χ4n) is 3.11. The zero-order chi connectivity index (χ0) is 25.8. The minimum absolute atomic E-state index is 0.0511. The minimum atomic E-state index is -1.85. The van der Waals surface area contributed by atoms with E-state index in [1.54, 1.807) is 12.1 Å². The van der Waals surface area contributed by atoms with Crippen molar-refractivity contribution in [3.63, 3.8) is 0 Å². The van der Waals surface area contributed by atoms with E-state index in [1.165, 1.54) is 4.90 Å². The summed E-state index contributed by atoms with van der Waals surface area (Å²) in [6, 6.07) is 7.10. The Balaban J connectivity index is 2.83. The van der Waals surface area contributed by atoms with E-state index < -0.39 is 62.0 Å². The van der Waals surface area contributed by atoms with Crippen molar-refractivity contribution in [1.29, 1.82) is 0 Å². The van der Waals surface area contributed by atoms with Gasteiger partial charge in [0.25, 0.3) is 0 Å². The molecule has 0 fully saturated rings. The molecular weight excluding hydrogens is 474 g/mol. The molecule has 0 spiro atoms. The lowest BCUT2D eigenvalue weighted by Gasteiger charge is -2.33. The number of aliphatic hydroxyl groups is 10. The van der Waals surface area contributed by atoms with Crippen LogP contribution >= 0.6 is 12.6 Å². The van der Waals surface area contributed by atoms with Crippen LogP contribution < -0.4 is 4.74 Å². The summed E-state index contributed by atoms with van der Waals surface area (Å²) in [6.07, 6.45) is -14.0. The third-order valence-electron chi connectivity index (χ3n) is 5.32. The van der Waals surface area contributed by atoms with Crippen molar-refractivity contribution in [3.05, 3.63) is 29.8 Å². The van der Waals surface area contributed by atoms with Crippen molar-refractivity contribution in [2.24, 2.45) is 0 Å². The molecule has 0 heterocycles. The SMILES string of the molecule is OC[C@@H](O)[C@@H](O)[C@H](O)[C@@H](O)CN(CCOc1ccc(CS)cc1)C[C@H](O)[C@@H](O)[C@H](O)[C@H](O)CO. The molecule has 1 aromatic carbocycles. The third kappa shape index (κ3) is 9.89. The van der Waals surface area contributed by atoms with Crippen molar-refractivity contribution >= 4 is 12.6 Å². The van der Waals surface area contributed by atoms with Crippen LogP contribution in [0.3, 0.4) is 0 Å². The van der Waals surface area contributed by atoms with Gasteiger partial charge < -0.3 is 55.8 Å².